The van der Waals surface area contributed by atoms with Crippen LogP contribution in [0.5, 0.6) is 5.75 Å². The van der Waals surface area contributed by atoms with Gasteiger partial charge in [-0.1, -0.05) is 64.0 Å². The molecule has 0 amide bonds. The molecular formula is C16H25FO. The van der Waals surface area contributed by atoms with Crippen molar-refractivity contribution in [1.29, 1.82) is 0 Å². The Morgan fingerprint density at radius 1 is 0.889 bits per heavy atom. The highest BCUT2D eigenvalue weighted by molar-refractivity contribution is 5.23. The predicted molar refractivity (Wildman–Crippen MR) is 74.5 cm³/mol. The highest BCUT2D eigenvalue weighted by Gasteiger charge is 2.00. The Hall–Kier alpha value is -1.05. The zero-order valence-electron chi connectivity index (χ0n) is 11.5. The minimum Gasteiger partial charge on any atom is -0.491 e. The summed E-state index contributed by atoms with van der Waals surface area (Å²) < 4.78 is 18.6. The van der Waals surface area contributed by atoms with Crippen LogP contribution >= 0.6 is 0 Å². The molecule has 0 aliphatic rings. The lowest BCUT2D eigenvalue weighted by Crippen LogP contribution is -1.98. The van der Waals surface area contributed by atoms with Gasteiger partial charge < -0.3 is 4.74 Å². The van der Waals surface area contributed by atoms with Crippen LogP contribution in [0.25, 0.3) is 0 Å². The maximum Gasteiger partial charge on any atom is 0.165 e. The van der Waals surface area contributed by atoms with Crippen LogP contribution in [-0.2, 0) is 0 Å². The van der Waals surface area contributed by atoms with Crippen molar-refractivity contribution < 1.29 is 9.13 Å². The molecule has 0 unspecified atom stereocenters. The fourth-order valence-electron chi connectivity index (χ4n) is 1.98. The Balaban J connectivity index is 1.94. The molecular weight excluding hydrogens is 227 g/mol. The molecule has 0 aromatic heterocycles. The Morgan fingerprint density at radius 3 is 2.17 bits per heavy atom. The van der Waals surface area contributed by atoms with Crippen molar-refractivity contribution in [3.63, 3.8) is 0 Å². The lowest BCUT2D eigenvalue weighted by atomic mass is 10.1. The van der Waals surface area contributed by atoms with E-state index in [1.54, 1.807) is 18.2 Å². The molecule has 0 atom stereocenters. The van der Waals surface area contributed by atoms with Gasteiger partial charge in [0.05, 0.1) is 6.61 Å². The van der Waals surface area contributed by atoms with Crippen molar-refractivity contribution >= 4 is 0 Å². The molecule has 0 N–H and O–H groups in total. The second kappa shape index (κ2) is 9.93. The molecule has 1 rings (SSSR count). The maximum absolute atomic E-state index is 13.2. The fraction of sp³-hybridized carbons (Fsp3) is 0.625. The van der Waals surface area contributed by atoms with Gasteiger partial charge in [-0.2, -0.15) is 0 Å². The van der Waals surface area contributed by atoms with Crippen LogP contribution in [0.1, 0.15) is 58.3 Å². The smallest absolute Gasteiger partial charge is 0.165 e. The molecule has 2 heteroatoms. The summed E-state index contributed by atoms with van der Waals surface area (Å²) in [6, 6.07) is 6.59. The molecule has 1 aromatic carbocycles. The van der Waals surface area contributed by atoms with E-state index in [9.17, 15) is 4.39 Å². The fourth-order valence-corrected chi connectivity index (χ4v) is 1.98. The average molecular weight is 252 g/mol. The largest absolute Gasteiger partial charge is 0.491 e. The third-order valence-electron chi connectivity index (χ3n) is 3.09. The Labute approximate surface area is 110 Å². The number of hydrogen-bond donors (Lipinski definition) is 0. The minimum absolute atomic E-state index is 0.267. The lowest BCUT2D eigenvalue weighted by Gasteiger charge is -2.06. The van der Waals surface area contributed by atoms with Crippen LogP contribution in [0.15, 0.2) is 24.3 Å². The summed E-state index contributed by atoms with van der Waals surface area (Å²) in [6.45, 7) is 2.86. The van der Waals surface area contributed by atoms with Gasteiger partial charge in [0.25, 0.3) is 0 Å². The van der Waals surface area contributed by atoms with Gasteiger partial charge in [0.15, 0.2) is 11.6 Å². The maximum atomic E-state index is 13.2. The molecule has 0 radical (unpaired) electrons. The van der Waals surface area contributed by atoms with Crippen LogP contribution in [0, 0.1) is 5.82 Å². The summed E-state index contributed by atoms with van der Waals surface area (Å²) >= 11 is 0. The highest BCUT2D eigenvalue weighted by Crippen LogP contribution is 2.16. The van der Waals surface area contributed by atoms with E-state index < -0.39 is 0 Å². The Morgan fingerprint density at radius 2 is 1.50 bits per heavy atom. The van der Waals surface area contributed by atoms with E-state index in [1.165, 1.54) is 51.0 Å². The topological polar surface area (TPSA) is 9.23 Å². The summed E-state index contributed by atoms with van der Waals surface area (Å²) in [7, 11) is 0. The first-order chi connectivity index (χ1) is 8.84. The molecule has 1 aromatic rings. The zero-order valence-corrected chi connectivity index (χ0v) is 11.5. The van der Waals surface area contributed by atoms with Crippen LogP contribution in [0.2, 0.25) is 0 Å². The number of para-hydroxylation sites is 1. The number of hydrogen-bond acceptors (Lipinski definition) is 1. The molecule has 18 heavy (non-hydrogen) atoms. The van der Waals surface area contributed by atoms with Gasteiger partial charge in [-0.3, -0.25) is 0 Å². The standard InChI is InChI=1S/C16H25FO/c1-2-3-4-5-6-7-8-11-14-18-16-13-10-9-12-15(16)17/h9-10,12-13H,2-8,11,14H2,1H3. The van der Waals surface area contributed by atoms with Gasteiger partial charge in [0, 0.05) is 0 Å². The minimum atomic E-state index is -0.267. The second-order valence-electron chi connectivity index (χ2n) is 4.75. The van der Waals surface area contributed by atoms with Gasteiger partial charge in [0.1, 0.15) is 0 Å². The average Bonchev–Trinajstić information content (AvgIpc) is 2.39. The Kier molecular flexibility index (Phi) is 8.28. The van der Waals surface area contributed by atoms with Crippen molar-refractivity contribution in [2.24, 2.45) is 0 Å². The predicted octanol–water partition coefficient (Wildman–Crippen LogP) is 5.35. The lowest BCUT2D eigenvalue weighted by molar-refractivity contribution is 0.290. The summed E-state index contributed by atoms with van der Waals surface area (Å²) in [5.41, 5.74) is 0. The Bertz CT molecular complexity index is 312. The summed E-state index contributed by atoms with van der Waals surface area (Å²) in [4.78, 5) is 0. The van der Waals surface area contributed by atoms with E-state index in [2.05, 4.69) is 6.92 Å². The number of benzene rings is 1. The van der Waals surface area contributed by atoms with Crippen molar-refractivity contribution in [3.05, 3.63) is 30.1 Å². The molecule has 0 aliphatic carbocycles. The number of halogens is 1. The van der Waals surface area contributed by atoms with Crippen LogP contribution in [0.3, 0.4) is 0 Å². The molecule has 0 bridgehead atoms. The van der Waals surface area contributed by atoms with E-state index in [0.29, 0.717) is 12.4 Å². The van der Waals surface area contributed by atoms with E-state index in [1.807, 2.05) is 0 Å². The molecule has 0 saturated heterocycles. The van der Waals surface area contributed by atoms with Crippen LogP contribution in [-0.4, -0.2) is 6.61 Å². The summed E-state index contributed by atoms with van der Waals surface area (Å²) in [5, 5.41) is 0. The van der Waals surface area contributed by atoms with E-state index in [0.717, 1.165) is 6.42 Å². The zero-order chi connectivity index (χ0) is 13.1. The van der Waals surface area contributed by atoms with Gasteiger partial charge in [0.2, 0.25) is 0 Å². The number of ether oxygens (including phenoxy) is 1. The second-order valence-corrected chi connectivity index (χ2v) is 4.75. The third-order valence-corrected chi connectivity index (χ3v) is 3.09. The van der Waals surface area contributed by atoms with Crippen LogP contribution < -0.4 is 4.74 Å². The van der Waals surface area contributed by atoms with Crippen molar-refractivity contribution in [2.75, 3.05) is 6.61 Å². The quantitative estimate of drug-likeness (QED) is 0.510. The number of rotatable bonds is 10. The summed E-state index contributed by atoms with van der Waals surface area (Å²) in [6.07, 6.45) is 10.2. The monoisotopic (exact) mass is 252 g/mol. The SMILES string of the molecule is CCCCCCCCCCOc1ccccc1F. The normalized spacial score (nSPS) is 10.6. The van der Waals surface area contributed by atoms with Crippen molar-refractivity contribution in [3.8, 4) is 5.75 Å². The van der Waals surface area contributed by atoms with E-state index in [4.69, 9.17) is 4.74 Å². The van der Waals surface area contributed by atoms with Crippen molar-refractivity contribution in [1.82, 2.24) is 0 Å². The first-order valence-corrected chi connectivity index (χ1v) is 7.22. The first-order valence-electron chi connectivity index (χ1n) is 7.22. The molecule has 1 nitrogen and oxygen atoms in total. The molecule has 0 spiro atoms. The van der Waals surface area contributed by atoms with Gasteiger partial charge >= 0.3 is 0 Å². The first kappa shape index (κ1) is 15.0. The molecule has 102 valence electrons. The molecule has 0 aliphatic heterocycles. The molecule has 0 heterocycles. The van der Waals surface area contributed by atoms with Gasteiger partial charge in [-0.15, -0.1) is 0 Å². The third kappa shape index (κ3) is 6.63. The molecule has 0 fully saturated rings. The highest BCUT2D eigenvalue weighted by atomic mass is 19.1. The number of unbranched alkanes of at least 4 members (excludes halogenated alkanes) is 7. The van der Waals surface area contributed by atoms with Crippen LogP contribution in [0.4, 0.5) is 4.39 Å². The van der Waals surface area contributed by atoms with E-state index in [-0.39, 0.29) is 5.82 Å². The summed E-state index contributed by atoms with van der Waals surface area (Å²) in [5.74, 6) is 0.109. The van der Waals surface area contributed by atoms with Gasteiger partial charge in [-0.05, 0) is 18.6 Å². The van der Waals surface area contributed by atoms with Gasteiger partial charge in [-0.25, -0.2) is 4.39 Å². The van der Waals surface area contributed by atoms with Crippen molar-refractivity contribution in [2.45, 2.75) is 58.3 Å². The van der Waals surface area contributed by atoms with E-state index >= 15 is 0 Å². The molecule has 0 saturated carbocycles.